The Labute approximate surface area is 152 Å². The molecule has 26 heavy (non-hydrogen) atoms. The Morgan fingerprint density at radius 3 is 2.96 bits per heavy atom. The molecule has 2 saturated heterocycles. The van der Waals surface area contributed by atoms with Gasteiger partial charge in [-0.1, -0.05) is 5.16 Å². The molecule has 1 atom stereocenters. The van der Waals surface area contributed by atoms with Gasteiger partial charge in [-0.2, -0.15) is 0 Å². The third kappa shape index (κ3) is 3.58. The largest absolute Gasteiger partial charge is 0.489 e. The Morgan fingerprint density at radius 2 is 2.27 bits per heavy atom. The summed E-state index contributed by atoms with van der Waals surface area (Å²) in [7, 11) is 0. The van der Waals surface area contributed by atoms with Gasteiger partial charge in [0.1, 0.15) is 18.1 Å². The molecule has 4 rings (SSSR count). The molecule has 7 nitrogen and oxygen atoms in total. The molecule has 2 aromatic rings. The van der Waals surface area contributed by atoms with E-state index < -0.39 is 0 Å². The molecule has 0 bridgehead atoms. The predicted molar refractivity (Wildman–Crippen MR) is 92.9 cm³/mol. The first-order valence-electron chi connectivity index (χ1n) is 9.01. The summed E-state index contributed by atoms with van der Waals surface area (Å²) in [5.41, 5.74) is 0.545. The highest BCUT2D eigenvalue weighted by Crippen LogP contribution is 2.42. The highest BCUT2D eigenvalue weighted by atomic mass is 16.5. The van der Waals surface area contributed by atoms with Crippen LogP contribution in [0.25, 0.3) is 0 Å². The molecule has 2 aromatic heterocycles. The molecule has 0 radical (unpaired) electrons. The SMILES string of the molecule is Cc1cc(C(=O)N2CCC3(CC2)CO[C@H](COc2cccnc2)C3)no1. The number of ether oxygens (including phenoxy) is 2. The monoisotopic (exact) mass is 357 g/mol. The molecule has 0 unspecified atom stereocenters. The Balaban J connectivity index is 1.28. The van der Waals surface area contributed by atoms with Crippen LogP contribution < -0.4 is 4.74 Å². The summed E-state index contributed by atoms with van der Waals surface area (Å²) in [6, 6.07) is 5.44. The van der Waals surface area contributed by atoms with Gasteiger partial charge >= 0.3 is 0 Å². The van der Waals surface area contributed by atoms with E-state index in [4.69, 9.17) is 14.0 Å². The van der Waals surface area contributed by atoms with E-state index in [0.717, 1.165) is 44.7 Å². The van der Waals surface area contributed by atoms with E-state index in [9.17, 15) is 4.79 Å². The maximum absolute atomic E-state index is 12.5. The standard InChI is InChI=1S/C19H23N3O4/c1-14-9-17(21-26-14)18(23)22-7-4-19(5-8-22)10-16(25-13-19)12-24-15-3-2-6-20-11-15/h2-3,6,9,11,16H,4-5,7-8,10,12-13H2,1H3/t16-/m0/s1. The lowest BCUT2D eigenvalue weighted by molar-refractivity contribution is 0.0423. The molecule has 2 aliphatic heterocycles. The molecule has 2 aliphatic rings. The molecule has 0 N–H and O–H groups in total. The number of likely N-dealkylation sites (tertiary alicyclic amines) is 1. The molecule has 138 valence electrons. The minimum absolute atomic E-state index is 0.0490. The highest BCUT2D eigenvalue weighted by Gasteiger charge is 2.43. The van der Waals surface area contributed by atoms with Gasteiger partial charge < -0.3 is 18.9 Å². The van der Waals surface area contributed by atoms with Crippen molar-refractivity contribution in [1.29, 1.82) is 0 Å². The fourth-order valence-corrected chi connectivity index (χ4v) is 3.79. The number of hydrogen-bond acceptors (Lipinski definition) is 6. The number of carbonyl (C=O) groups is 1. The number of carbonyl (C=O) groups excluding carboxylic acids is 1. The number of pyridine rings is 1. The zero-order valence-corrected chi connectivity index (χ0v) is 14.9. The van der Waals surface area contributed by atoms with Crippen molar-refractivity contribution in [3.8, 4) is 5.75 Å². The zero-order valence-electron chi connectivity index (χ0n) is 14.9. The summed E-state index contributed by atoms with van der Waals surface area (Å²) in [6.45, 7) is 4.51. The van der Waals surface area contributed by atoms with Crippen LogP contribution in [0.2, 0.25) is 0 Å². The first kappa shape index (κ1) is 17.0. The van der Waals surface area contributed by atoms with Crippen molar-refractivity contribution in [1.82, 2.24) is 15.0 Å². The second-order valence-corrected chi connectivity index (χ2v) is 7.25. The van der Waals surface area contributed by atoms with Crippen molar-refractivity contribution in [2.75, 3.05) is 26.3 Å². The van der Waals surface area contributed by atoms with Gasteiger partial charge in [0.15, 0.2) is 5.69 Å². The average molecular weight is 357 g/mol. The van der Waals surface area contributed by atoms with Crippen molar-refractivity contribution in [3.05, 3.63) is 42.0 Å². The van der Waals surface area contributed by atoms with Crippen LogP contribution in [-0.4, -0.2) is 53.4 Å². The summed E-state index contributed by atoms with van der Waals surface area (Å²) < 4.78 is 16.8. The fourth-order valence-electron chi connectivity index (χ4n) is 3.79. The van der Waals surface area contributed by atoms with E-state index >= 15 is 0 Å². The van der Waals surface area contributed by atoms with Gasteiger partial charge in [-0.15, -0.1) is 0 Å². The molecular formula is C19H23N3O4. The quantitative estimate of drug-likeness (QED) is 0.836. The van der Waals surface area contributed by atoms with Crippen LogP contribution in [0.3, 0.4) is 0 Å². The Kier molecular flexibility index (Phi) is 4.63. The molecular weight excluding hydrogens is 334 g/mol. The maximum atomic E-state index is 12.5. The smallest absolute Gasteiger partial charge is 0.276 e. The van der Waals surface area contributed by atoms with Crippen LogP contribution in [0.5, 0.6) is 5.75 Å². The van der Waals surface area contributed by atoms with Gasteiger partial charge in [-0.05, 0) is 43.7 Å². The van der Waals surface area contributed by atoms with Crippen molar-refractivity contribution >= 4 is 5.91 Å². The van der Waals surface area contributed by atoms with E-state index in [1.165, 1.54) is 0 Å². The molecule has 0 aliphatic carbocycles. The number of aromatic nitrogens is 2. The zero-order chi connectivity index (χ0) is 18.0. The fraction of sp³-hybridized carbons (Fsp3) is 0.526. The third-order valence-corrected chi connectivity index (χ3v) is 5.31. The number of rotatable bonds is 4. The average Bonchev–Trinajstić information content (AvgIpc) is 3.28. The van der Waals surface area contributed by atoms with Crippen LogP contribution in [0, 0.1) is 12.3 Å². The van der Waals surface area contributed by atoms with Crippen LogP contribution in [0.1, 0.15) is 35.5 Å². The van der Waals surface area contributed by atoms with Crippen molar-refractivity contribution in [3.63, 3.8) is 0 Å². The highest BCUT2D eigenvalue weighted by molar-refractivity contribution is 5.92. The third-order valence-electron chi connectivity index (χ3n) is 5.31. The van der Waals surface area contributed by atoms with E-state index in [1.807, 2.05) is 17.0 Å². The summed E-state index contributed by atoms with van der Waals surface area (Å²) in [6.07, 6.45) is 6.38. The normalized spacial score (nSPS) is 21.9. The van der Waals surface area contributed by atoms with Gasteiger partial charge in [0.25, 0.3) is 5.91 Å². The first-order chi connectivity index (χ1) is 12.6. The van der Waals surface area contributed by atoms with Crippen molar-refractivity contribution < 1.29 is 18.8 Å². The van der Waals surface area contributed by atoms with E-state index in [-0.39, 0.29) is 17.4 Å². The first-order valence-corrected chi connectivity index (χ1v) is 9.01. The summed E-state index contributed by atoms with van der Waals surface area (Å²) in [4.78, 5) is 18.4. The molecule has 4 heterocycles. The number of nitrogens with zero attached hydrogens (tertiary/aromatic N) is 3. The minimum Gasteiger partial charge on any atom is -0.489 e. The lowest BCUT2D eigenvalue weighted by atomic mass is 9.76. The topological polar surface area (TPSA) is 77.7 Å². The van der Waals surface area contributed by atoms with Gasteiger partial charge in [0, 0.05) is 25.4 Å². The van der Waals surface area contributed by atoms with Crippen LogP contribution >= 0.6 is 0 Å². The lowest BCUT2D eigenvalue weighted by Crippen LogP contribution is -2.43. The predicted octanol–water partition coefficient (Wildman–Crippen LogP) is 2.47. The summed E-state index contributed by atoms with van der Waals surface area (Å²) in [5.74, 6) is 1.37. The summed E-state index contributed by atoms with van der Waals surface area (Å²) in [5, 5.41) is 3.83. The van der Waals surface area contributed by atoms with E-state index in [2.05, 4.69) is 10.1 Å². The van der Waals surface area contributed by atoms with E-state index in [0.29, 0.717) is 18.1 Å². The molecule has 2 fully saturated rings. The van der Waals surface area contributed by atoms with Crippen molar-refractivity contribution in [2.24, 2.45) is 5.41 Å². The molecule has 0 aromatic carbocycles. The van der Waals surface area contributed by atoms with Gasteiger partial charge in [-0.3, -0.25) is 9.78 Å². The van der Waals surface area contributed by atoms with Gasteiger partial charge in [0.05, 0.1) is 18.9 Å². The van der Waals surface area contributed by atoms with Crippen LogP contribution in [0.4, 0.5) is 0 Å². The second-order valence-electron chi connectivity index (χ2n) is 7.25. The minimum atomic E-state index is -0.0490. The van der Waals surface area contributed by atoms with Crippen LogP contribution in [-0.2, 0) is 4.74 Å². The Hall–Kier alpha value is -2.41. The lowest BCUT2D eigenvalue weighted by Gasteiger charge is -2.38. The van der Waals surface area contributed by atoms with Gasteiger partial charge in [0.2, 0.25) is 0 Å². The molecule has 0 saturated carbocycles. The second kappa shape index (κ2) is 7.07. The van der Waals surface area contributed by atoms with Gasteiger partial charge in [-0.25, -0.2) is 0 Å². The van der Waals surface area contributed by atoms with Crippen LogP contribution in [0.15, 0.2) is 35.1 Å². The summed E-state index contributed by atoms with van der Waals surface area (Å²) >= 11 is 0. The van der Waals surface area contributed by atoms with Crippen molar-refractivity contribution in [2.45, 2.75) is 32.3 Å². The number of hydrogen-bond donors (Lipinski definition) is 0. The molecule has 1 spiro atoms. The Morgan fingerprint density at radius 1 is 1.42 bits per heavy atom. The number of aryl methyl sites for hydroxylation is 1. The number of piperidine rings is 1. The molecule has 7 heteroatoms. The van der Waals surface area contributed by atoms with E-state index in [1.54, 1.807) is 25.4 Å². The Bertz CT molecular complexity index is 753. The number of amides is 1. The maximum Gasteiger partial charge on any atom is 0.276 e. The molecule has 1 amide bonds.